The van der Waals surface area contributed by atoms with Crippen LogP contribution in [-0.2, 0) is 11.2 Å². The molecule has 3 heterocycles. The number of fused-ring (bicyclic) bond motifs is 1. The van der Waals surface area contributed by atoms with Gasteiger partial charge in [0.2, 0.25) is 0 Å². The van der Waals surface area contributed by atoms with Crippen LogP contribution >= 0.6 is 11.6 Å². The first kappa shape index (κ1) is 24.2. The molecule has 0 bridgehead atoms. The Morgan fingerprint density at radius 3 is 2.66 bits per heavy atom. The third kappa shape index (κ3) is 5.51. The van der Waals surface area contributed by atoms with Gasteiger partial charge in [0, 0.05) is 63.1 Å². The molecule has 2 fully saturated rings. The van der Waals surface area contributed by atoms with Crippen LogP contribution in [-0.4, -0.2) is 90.2 Å². The molecule has 0 aliphatic carbocycles. The lowest BCUT2D eigenvalue weighted by atomic mass is 9.87. The van der Waals surface area contributed by atoms with Crippen molar-refractivity contribution in [1.82, 2.24) is 9.80 Å². The summed E-state index contributed by atoms with van der Waals surface area (Å²) in [6, 6.07) is 10.2. The van der Waals surface area contributed by atoms with Crippen molar-refractivity contribution in [2.45, 2.75) is 31.0 Å². The van der Waals surface area contributed by atoms with E-state index in [0.717, 1.165) is 48.7 Å². The highest BCUT2D eigenvalue weighted by Crippen LogP contribution is 2.42. The van der Waals surface area contributed by atoms with Gasteiger partial charge in [-0.3, -0.25) is 4.79 Å². The van der Waals surface area contributed by atoms with E-state index in [2.05, 4.69) is 4.90 Å². The van der Waals surface area contributed by atoms with Crippen LogP contribution in [0.1, 0.15) is 28.8 Å². The monoisotopic (exact) mass is 502 g/mol. The van der Waals surface area contributed by atoms with Crippen LogP contribution in [0.4, 0.5) is 0 Å². The van der Waals surface area contributed by atoms with Gasteiger partial charge in [0.1, 0.15) is 35.6 Å². The number of halogens is 1. The van der Waals surface area contributed by atoms with Gasteiger partial charge in [0.25, 0.3) is 5.91 Å². The van der Waals surface area contributed by atoms with Crippen molar-refractivity contribution in [3.63, 3.8) is 0 Å². The van der Waals surface area contributed by atoms with Gasteiger partial charge in [-0.25, -0.2) is 0 Å². The van der Waals surface area contributed by atoms with E-state index in [1.54, 1.807) is 11.0 Å². The lowest BCUT2D eigenvalue weighted by Gasteiger charge is -2.39. The number of carbonyl (C=O) groups excluding carboxylic acids is 1. The van der Waals surface area contributed by atoms with E-state index in [1.165, 1.54) is 12.1 Å². The number of rotatable bonds is 6. The van der Waals surface area contributed by atoms with Gasteiger partial charge >= 0.3 is 0 Å². The van der Waals surface area contributed by atoms with Crippen molar-refractivity contribution in [3.8, 4) is 17.2 Å². The third-order valence-electron chi connectivity index (χ3n) is 7.02. The number of morpholine rings is 1. The Kier molecular flexibility index (Phi) is 7.07. The molecule has 0 aromatic heterocycles. The number of aliphatic hydroxyl groups is 1. The number of likely N-dealkylation sites (tertiary alicyclic amines) is 1. The summed E-state index contributed by atoms with van der Waals surface area (Å²) in [5.74, 6) is 1.03. The van der Waals surface area contributed by atoms with Crippen molar-refractivity contribution in [2.24, 2.45) is 0 Å². The van der Waals surface area contributed by atoms with E-state index in [1.807, 2.05) is 18.2 Å². The van der Waals surface area contributed by atoms with E-state index < -0.39 is 6.10 Å². The maximum absolute atomic E-state index is 12.9. The molecular formula is C26H31ClN2O6. The average molecular weight is 503 g/mol. The quantitative estimate of drug-likeness (QED) is 0.627. The number of ether oxygens (including phenoxy) is 3. The first-order valence-corrected chi connectivity index (χ1v) is 12.5. The first-order valence-electron chi connectivity index (χ1n) is 12.1. The smallest absolute Gasteiger partial charge is 0.257 e. The number of piperidine rings is 1. The van der Waals surface area contributed by atoms with Gasteiger partial charge in [0.05, 0.1) is 18.8 Å². The molecule has 0 saturated carbocycles. The number of phenols is 1. The average Bonchev–Trinajstić information content (AvgIpc) is 3.21. The normalized spacial score (nSPS) is 20.3. The highest BCUT2D eigenvalue weighted by molar-refractivity contribution is 6.30. The van der Waals surface area contributed by atoms with Crippen molar-refractivity contribution in [1.29, 1.82) is 0 Å². The topological polar surface area (TPSA) is 91.7 Å². The second kappa shape index (κ2) is 10.2. The molecule has 5 rings (SSSR count). The number of phenolic OH excluding ortho intramolecular Hbond substituents is 1. The summed E-state index contributed by atoms with van der Waals surface area (Å²) in [5, 5.41) is 21.3. The standard InChI is InChI=1S/C26H31ClN2O6/c27-19-1-4-23-18(13-19)15-26(35-23)5-7-28(8-6-26)16-21(31)17-34-24-14-20(30)2-3-22(24)25(32)29-9-11-33-12-10-29/h1-4,13-14,21,30-31H,5-12,15-17H2/t21-/m1/s1. The van der Waals surface area contributed by atoms with Crippen LogP contribution in [0.5, 0.6) is 17.2 Å². The Morgan fingerprint density at radius 1 is 1.11 bits per heavy atom. The molecule has 9 heteroatoms. The van der Waals surface area contributed by atoms with Crippen molar-refractivity contribution in [3.05, 3.63) is 52.5 Å². The molecule has 188 valence electrons. The Morgan fingerprint density at radius 2 is 1.89 bits per heavy atom. The van der Waals surface area contributed by atoms with Crippen LogP contribution in [0.15, 0.2) is 36.4 Å². The predicted octanol–water partition coefficient (Wildman–Crippen LogP) is 2.73. The fourth-order valence-electron chi connectivity index (χ4n) is 5.10. The zero-order chi connectivity index (χ0) is 24.4. The first-order chi connectivity index (χ1) is 16.9. The third-order valence-corrected chi connectivity index (χ3v) is 7.26. The number of aromatic hydroxyl groups is 1. The fourth-order valence-corrected chi connectivity index (χ4v) is 5.30. The summed E-state index contributed by atoms with van der Waals surface area (Å²) >= 11 is 6.14. The molecule has 1 atom stereocenters. The lowest BCUT2D eigenvalue weighted by molar-refractivity contribution is -0.00208. The maximum Gasteiger partial charge on any atom is 0.257 e. The Labute approximate surface area is 209 Å². The Balaban J connectivity index is 1.13. The zero-order valence-electron chi connectivity index (χ0n) is 19.6. The molecule has 2 aromatic rings. The van der Waals surface area contributed by atoms with E-state index in [9.17, 15) is 15.0 Å². The summed E-state index contributed by atoms with van der Waals surface area (Å²) in [6.45, 7) is 4.13. The minimum absolute atomic E-state index is 0.00759. The molecule has 35 heavy (non-hydrogen) atoms. The summed E-state index contributed by atoms with van der Waals surface area (Å²) in [6.07, 6.45) is 1.87. The minimum Gasteiger partial charge on any atom is -0.508 e. The molecular weight excluding hydrogens is 472 g/mol. The summed E-state index contributed by atoms with van der Waals surface area (Å²) in [7, 11) is 0. The van der Waals surface area contributed by atoms with Gasteiger partial charge in [-0.15, -0.1) is 0 Å². The number of hydrogen-bond acceptors (Lipinski definition) is 7. The minimum atomic E-state index is -0.738. The highest BCUT2D eigenvalue weighted by atomic mass is 35.5. The predicted molar refractivity (Wildman–Crippen MR) is 131 cm³/mol. The largest absolute Gasteiger partial charge is 0.508 e. The lowest BCUT2D eigenvalue weighted by Crippen LogP contribution is -2.49. The van der Waals surface area contributed by atoms with Crippen LogP contribution in [0.3, 0.4) is 0 Å². The number of carbonyl (C=O) groups is 1. The van der Waals surface area contributed by atoms with Gasteiger partial charge in [-0.1, -0.05) is 11.6 Å². The SMILES string of the molecule is O=C(c1ccc(O)cc1OC[C@H](O)CN1CCC2(CC1)Cc1cc(Cl)ccc1O2)N1CCOCC1. The maximum atomic E-state index is 12.9. The van der Waals surface area contributed by atoms with Gasteiger partial charge < -0.3 is 34.2 Å². The Bertz CT molecular complexity index is 1070. The van der Waals surface area contributed by atoms with Crippen LogP contribution in [0, 0.1) is 0 Å². The molecule has 3 aliphatic rings. The molecule has 3 aliphatic heterocycles. The van der Waals surface area contributed by atoms with Gasteiger partial charge in [-0.2, -0.15) is 0 Å². The van der Waals surface area contributed by atoms with Crippen molar-refractivity contribution in [2.75, 3.05) is 52.5 Å². The van der Waals surface area contributed by atoms with Crippen LogP contribution < -0.4 is 9.47 Å². The summed E-state index contributed by atoms with van der Waals surface area (Å²) < 4.78 is 17.5. The van der Waals surface area contributed by atoms with E-state index >= 15 is 0 Å². The Hall–Kier alpha value is -2.52. The fraction of sp³-hybridized carbons (Fsp3) is 0.500. The molecule has 2 saturated heterocycles. The molecule has 2 N–H and O–H groups in total. The van der Waals surface area contributed by atoms with Gasteiger partial charge in [0.15, 0.2) is 0 Å². The molecule has 0 unspecified atom stereocenters. The molecule has 1 spiro atoms. The van der Waals surface area contributed by atoms with Crippen LogP contribution in [0.2, 0.25) is 5.02 Å². The number of aliphatic hydroxyl groups excluding tert-OH is 1. The molecule has 0 radical (unpaired) electrons. The van der Waals surface area contributed by atoms with E-state index in [-0.39, 0.29) is 29.6 Å². The highest BCUT2D eigenvalue weighted by Gasteiger charge is 2.42. The van der Waals surface area contributed by atoms with Crippen molar-refractivity contribution >= 4 is 17.5 Å². The number of nitrogens with zero attached hydrogens (tertiary/aromatic N) is 2. The van der Waals surface area contributed by atoms with Crippen molar-refractivity contribution < 1.29 is 29.2 Å². The zero-order valence-corrected chi connectivity index (χ0v) is 20.4. The second-order valence-corrected chi connectivity index (χ2v) is 10.0. The number of benzene rings is 2. The molecule has 1 amide bonds. The summed E-state index contributed by atoms with van der Waals surface area (Å²) in [5.41, 5.74) is 1.34. The summed E-state index contributed by atoms with van der Waals surface area (Å²) in [4.78, 5) is 16.9. The molecule has 2 aromatic carbocycles. The van der Waals surface area contributed by atoms with Crippen LogP contribution in [0.25, 0.3) is 0 Å². The number of β-amino-alcohol motifs (C(OH)–C–C–N with tert-alkyl or cyclic N) is 1. The second-order valence-electron chi connectivity index (χ2n) is 9.56. The molecule has 8 nitrogen and oxygen atoms in total. The number of amides is 1. The van der Waals surface area contributed by atoms with E-state index in [0.29, 0.717) is 38.4 Å². The number of hydrogen-bond donors (Lipinski definition) is 2. The van der Waals surface area contributed by atoms with Gasteiger partial charge in [-0.05, 0) is 35.9 Å². The van der Waals surface area contributed by atoms with E-state index in [4.69, 9.17) is 25.8 Å².